The van der Waals surface area contributed by atoms with Crippen LogP contribution in [0.5, 0.6) is 0 Å². The fourth-order valence-electron chi connectivity index (χ4n) is 1.65. The van der Waals surface area contributed by atoms with E-state index >= 15 is 0 Å². The minimum absolute atomic E-state index is 0. The lowest BCUT2D eigenvalue weighted by Crippen LogP contribution is -3.00. The number of benzene rings is 2. The van der Waals surface area contributed by atoms with Crippen LogP contribution in [0.2, 0.25) is 0 Å². The Balaban J connectivity index is 0.00000220. The minimum Gasteiger partial charge on any atom is -1.00 e. The largest absolute Gasteiger partial charge is 1.00 e. The van der Waals surface area contributed by atoms with E-state index < -0.39 is 41.2 Å². The van der Waals surface area contributed by atoms with E-state index in [4.69, 9.17) is 0 Å². The zero-order valence-electron chi connectivity index (χ0n) is 10.2. The van der Waals surface area contributed by atoms with Crippen molar-refractivity contribution in [3.8, 4) is 0 Å². The third-order valence-electron chi connectivity index (χ3n) is 2.71. The zero-order valence-corrected chi connectivity index (χ0v) is 13.4. The number of nitrogens with two attached hydrogens (primary N) is 1. The second kappa shape index (κ2) is 7.33. The first-order valence-corrected chi connectivity index (χ1v) is 6.30. The van der Waals surface area contributed by atoms with Crippen molar-refractivity contribution in [3.63, 3.8) is 0 Å². The van der Waals surface area contributed by atoms with Crippen molar-refractivity contribution < 1.29 is 44.3 Å². The third kappa shape index (κ3) is 3.81. The Hall–Kier alpha value is -0.990. The van der Waals surface area contributed by atoms with Crippen LogP contribution in [0.4, 0.5) is 27.6 Å². The molecule has 1 nitrogen and oxygen atoms in total. The monoisotopic (exact) mass is 431 g/mol. The highest BCUT2D eigenvalue weighted by Crippen LogP contribution is 2.22. The number of halogens is 7. The van der Waals surface area contributed by atoms with E-state index in [9.17, 15) is 22.0 Å². The summed E-state index contributed by atoms with van der Waals surface area (Å²) in [7, 11) is 0. The molecule has 0 aliphatic carbocycles. The highest BCUT2D eigenvalue weighted by atomic mass is 79.9. The number of quaternary nitrogens is 1. The molecular weight excluding hydrogens is 425 g/mol. The lowest BCUT2D eigenvalue weighted by Gasteiger charge is -2.07. The van der Waals surface area contributed by atoms with Crippen LogP contribution in [-0.2, 0) is 6.54 Å². The molecule has 0 spiro atoms. The lowest BCUT2D eigenvalue weighted by molar-refractivity contribution is -0.589. The number of rotatable bonds is 3. The molecule has 8 heteroatoms. The molecule has 0 fully saturated rings. The quantitative estimate of drug-likeness (QED) is 0.315. The Bertz CT molecular complexity index is 617. The molecule has 0 aliphatic rings. The van der Waals surface area contributed by atoms with E-state index in [1.807, 2.05) is 0 Å². The molecule has 0 saturated heterocycles. The molecule has 114 valence electrons. The maximum atomic E-state index is 13.4. The summed E-state index contributed by atoms with van der Waals surface area (Å²) >= 11 is 3.22. The van der Waals surface area contributed by atoms with Crippen LogP contribution in [0.15, 0.2) is 28.7 Å². The SMILES string of the molecule is Fc1c(F)c(F)c(C[NH2+]c2ccc(Br)cc2)c(F)c1F.[Br-]. The van der Waals surface area contributed by atoms with Gasteiger partial charge in [0.15, 0.2) is 23.3 Å². The molecule has 0 aromatic heterocycles. The summed E-state index contributed by atoms with van der Waals surface area (Å²) in [5.74, 6) is -9.59. The average Bonchev–Trinajstić information content (AvgIpc) is 2.45. The van der Waals surface area contributed by atoms with E-state index in [1.165, 1.54) is 5.32 Å². The minimum atomic E-state index is -2.15. The Kier molecular flexibility index (Phi) is 6.30. The Morgan fingerprint density at radius 2 is 1.19 bits per heavy atom. The predicted molar refractivity (Wildman–Crippen MR) is 65.7 cm³/mol. The van der Waals surface area contributed by atoms with E-state index in [1.54, 1.807) is 24.3 Å². The first-order chi connectivity index (χ1) is 9.41. The van der Waals surface area contributed by atoms with Gasteiger partial charge in [-0.2, -0.15) is 0 Å². The van der Waals surface area contributed by atoms with Gasteiger partial charge in [-0.3, -0.25) is 0 Å². The summed E-state index contributed by atoms with van der Waals surface area (Å²) in [4.78, 5) is 0. The molecule has 2 aromatic rings. The first kappa shape index (κ1) is 18.1. The summed E-state index contributed by atoms with van der Waals surface area (Å²) in [5, 5.41) is 1.38. The molecule has 2 N–H and O–H groups in total. The van der Waals surface area contributed by atoms with Crippen LogP contribution in [0.1, 0.15) is 5.56 Å². The molecule has 2 aromatic carbocycles. The molecular formula is C13H8Br2F5N. The fraction of sp³-hybridized carbons (Fsp3) is 0.0769. The van der Waals surface area contributed by atoms with Crippen LogP contribution in [-0.4, -0.2) is 0 Å². The predicted octanol–water partition coefficient (Wildman–Crippen LogP) is 0.544. The highest BCUT2D eigenvalue weighted by molar-refractivity contribution is 9.10. The summed E-state index contributed by atoms with van der Waals surface area (Å²) in [5.41, 5.74) is -0.235. The summed E-state index contributed by atoms with van der Waals surface area (Å²) in [6.45, 7) is -0.395. The molecule has 0 aliphatic heterocycles. The lowest BCUT2D eigenvalue weighted by atomic mass is 10.1. The third-order valence-corrected chi connectivity index (χ3v) is 3.24. The van der Waals surface area contributed by atoms with Gasteiger partial charge in [0.05, 0.1) is 5.56 Å². The van der Waals surface area contributed by atoms with Crippen molar-refractivity contribution in [2.45, 2.75) is 6.54 Å². The molecule has 0 saturated carbocycles. The van der Waals surface area contributed by atoms with Crippen molar-refractivity contribution in [2.75, 3.05) is 0 Å². The smallest absolute Gasteiger partial charge is 0.200 e. The maximum Gasteiger partial charge on any atom is 0.200 e. The van der Waals surface area contributed by atoms with Crippen LogP contribution >= 0.6 is 15.9 Å². The molecule has 0 bridgehead atoms. The van der Waals surface area contributed by atoms with Crippen molar-refractivity contribution in [2.24, 2.45) is 0 Å². The highest BCUT2D eigenvalue weighted by Gasteiger charge is 2.26. The molecule has 0 radical (unpaired) electrons. The summed E-state index contributed by atoms with van der Waals surface area (Å²) in [6, 6.07) is 6.70. The van der Waals surface area contributed by atoms with Gasteiger partial charge in [0.1, 0.15) is 12.2 Å². The fourth-order valence-corrected chi connectivity index (χ4v) is 1.91. The summed E-state index contributed by atoms with van der Waals surface area (Å²) < 4.78 is 66.5. The van der Waals surface area contributed by atoms with Gasteiger partial charge in [0, 0.05) is 16.6 Å². The molecule has 0 unspecified atom stereocenters. The van der Waals surface area contributed by atoms with Crippen molar-refractivity contribution in [3.05, 3.63) is 63.4 Å². The van der Waals surface area contributed by atoms with Gasteiger partial charge in [-0.15, -0.1) is 0 Å². The van der Waals surface area contributed by atoms with Gasteiger partial charge in [-0.25, -0.2) is 22.0 Å². The molecule has 0 atom stereocenters. The van der Waals surface area contributed by atoms with Gasteiger partial charge < -0.3 is 22.3 Å². The van der Waals surface area contributed by atoms with Gasteiger partial charge >= 0.3 is 0 Å². The van der Waals surface area contributed by atoms with Crippen molar-refractivity contribution in [1.29, 1.82) is 0 Å². The topological polar surface area (TPSA) is 16.6 Å². The van der Waals surface area contributed by atoms with E-state index in [0.29, 0.717) is 5.69 Å². The van der Waals surface area contributed by atoms with E-state index in [0.717, 1.165) is 4.47 Å². The van der Waals surface area contributed by atoms with E-state index in [2.05, 4.69) is 15.9 Å². The molecule has 21 heavy (non-hydrogen) atoms. The Morgan fingerprint density at radius 3 is 1.67 bits per heavy atom. The van der Waals surface area contributed by atoms with Gasteiger partial charge in [-0.05, 0) is 12.1 Å². The Morgan fingerprint density at radius 1 is 0.762 bits per heavy atom. The van der Waals surface area contributed by atoms with Gasteiger partial charge in [-0.1, -0.05) is 15.9 Å². The van der Waals surface area contributed by atoms with Gasteiger partial charge in [0.2, 0.25) is 5.82 Å². The van der Waals surface area contributed by atoms with Crippen LogP contribution in [0.25, 0.3) is 0 Å². The zero-order chi connectivity index (χ0) is 14.9. The second-order valence-corrected chi connectivity index (χ2v) is 4.92. The molecule has 0 heterocycles. The normalized spacial score (nSPS) is 10.4. The van der Waals surface area contributed by atoms with Gasteiger partial charge in [0.25, 0.3) is 0 Å². The molecule has 2 rings (SSSR count). The maximum absolute atomic E-state index is 13.4. The van der Waals surface area contributed by atoms with Crippen molar-refractivity contribution >= 4 is 21.6 Å². The standard InChI is InChI=1S/C13H7BrF5N.BrH/c14-6-1-3-7(4-2-6)20-5-8-9(15)11(17)13(19)12(18)10(8)16;/h1-4,20H,5H2;1H. The summed E-state index contributed by atoms with van der Waals surface area (Å²) in [6.07, 6.45) is 0. The average molecular weight is 433 g/mol. The van der Waals surface area contributed by atoms with E-state index in [-0.39, 0.29) is 17.0 Å². The van der Waals surface area contributed by atoms with Crippen LogP contribution < -0.4 is 22.3 Å². The second-order valence-electron chi connectivity index (χ2n) is 4.01. The molecule has 0 amide bonds. The number of hydrogen-bond acceptors (Lipinski definition) is 0. The number of hydrogen-bond donors (Lipinski definition) is 1. The van der Waals surface area contributed by atoms with Crippen molar-refractivity contribution in [1.82, 2.24) is 0 Å². The first-order valence-electron chi connectivity index (χ1n) is 5.51. The Labute approximate surface area is 136 Å². The van der Waals surface area contributed by atoms with Crippen LogP contribution in [0.3, 0.4) is 0 Å². The van der Waals surface area contributed by atoms with Crippen LogP contribution in [0, 0.1) is 29.1 Å².